The van der Waals surface area contributed by atoms with Crippen LogP contribution < -0.4 is 0 Å². The molecule has 0 saturated carbocycles. The molecule has 1 fully saturated rings. The highest BCUT2D eigenvalue weighted by molar-refractivity contribution is 5.66. The van der Waals surface area contributed by atoms with Crippen molar-refractivity contribution in [1.29, 1.82) is 0 Å². The third-order valence-electron chi connectivity index (χ3n) is 2.03. The van der Waals surface area contributed by atoms with Crippen LogP contribution in [0.5, 0.6) is 0 Å². The smallest absolute Gasteiger partial charge is 0.303 e. The summed E-state index contributed by atoms with van der Waals surface area (Å²) in [5, 5.41) is 8.52. The van der Waals surface area contributed by atoms with Gasteiger partial charge in [0.25, 0.3) is 0 Å². The molecule has 1 unspecified atom stereocenters. The van der Waals surface area contributed by atoms with Gasteiger partial charge in [0.15, 0.2) is 0 Å². The maximum absolute atomic E-state index is 10.3. The van der Waals surface area contributed by atoms with Gasteiger partial charge in [-0.25, -0.2) is 0 Å². The van der Waals surface area contributed by atoms with Crippen molar-refractivity contribution in [3.05, 3.63) is 0 Å². The maximum atomic E-state index is 10.3. The zero-order chi connectivity index (χ0) is 8.10. The zero-order valence-corrected chi connectivity index (χ0v) is 6.58. The number of carboxylic acid groups (broad SMARTS) is 1. The van der Waals surface area contributed by atoms with Crippen molar-refractivity contribution in [1.82, 2.24) is 0 Å². The zero-order valence-electron chi connectivity index (χ0n) is 6.58. The Kier molecular flexibility index (Phi) is 3.36. The summed E-state index contributed by atoms with van der Waals surface area (Å²) in [6.45, 7) is 1.54. The molecule has 0 radical (unpaired) electrons. The minimum atomic E-state index is -0.683. The van der Waals surface area contributed by atoms with E-state index in [4.69, 9.17) is 9.84 Å². The van der Waals surface area contributed by atoms with E-state index in [-0.39, 0.29) is 0 Å². The van der Waals surface area contributed by atoms with Crippen molar-refractivity contribution in [3.8, 4) is 0 Å². The molecule has 1 saturated heterocycles. The van der Waals surface area contributed by atoms with Gasteiger partial charge in [-0.2, -0.15) is 0 Å². The topological polar surface area (TPSA) is 46.5 Å². The first-order valence-electron chi connectivity index (χ1n) is 4.08. The normalized spacial score (nSPS) is 26.0. The van der Waals surface area contributed by atoms with Crippen molar-refractivity contribution in [2.75, 3.05) is 13.2 Å². The van der Waals surface area contributed by atoms with Crippen LogP contribution in [0.4, 0.5) is 0 Å². The van der Waals surface area contributed by atoms with Gasteiger partial charge >= 0.3 is 5.97 Å². The van der Waals surface area contributed by atoms with E-state index in [1.807, 2.05) is 0 Å². The molecule has 3 nitrogen and oxygen atoms in total. The molecule has 1 heterocycles. The number of carboxylic acids is 1. The molecular weight excluding hydrogens is 144 g/mol. The predicted molar refractivity (Wildman–Crippen MR) is 40.4 cm³/mol. The van der Waals surface area contributed by atoms with Gasteiger partial charge in [-0.1, -0.05) is 0 Å². The van der Waals surface area contributed by atoms with E-state index in [1.54, 1.807) is 0 Å². The molecule has 1 aliphatic rings. The van der Waals surface area contributed by atoms with E-state index in [1.165, 1.54) is 0 Å². The van der Waals surface area contributed by atoms with Crippen molar-refractivity contribution < 1.29 is 14.6 Å². The molecule has 0 aliphatic carbocycles. The van der Waals surface area contributed by atoms with Crippen LogP contribution in [0.15, 0.2) is 0 Å². The molecule has 1 atom stereocenters. The van der Waals surface area contributed by atoms with Gasteiger partial charge in [0.05, 0.1) is 0 Å². The lowest BCUT2D eigenvalue weighted by Crippen LogP contribution is -2.07. The number of aliphatic carboxylic acids is 1. The fourth-order valence-corrected chi connectivity index (χ4v) is 1.42. The van der Waals surface area contributed by atoms with Crippen molar-refractivity contribution in [2.24, 2.45) is 5.92 Å². The highest BCUT2D eigenvalue weighted by Crippen LogP contribution is 2.18. The van der Waals surface area contributed by atoms with Gasteiger partial charge in [-0.3, -0.25) is 4.79 Å². The molecule has 3 heteroatoms. The highest BCUT2D eigenvalue weighted by Gasteiger charge is 2.14. The molecule has 0 aromatic heterocycles. The molecule has 0 aromatic rings. The molecule has 0 spiro atoms. The SMILES string of the molecule is O=C(O)CC1CCCOCC1. The number of hydrogen-bond acceptors (Lipinski definition) is 2. The summed E-state index contributed by atoms with van der Waals surface area (Å²) in [7, 11) is 0. The maximum Gasteiger partial charge on any atom is 0.303 e. The van der Waals surface area contributed by atoms with E-state index in [0.29, 0.717) is 12.3 Å². The quantitative estimate of drug-likeness (QED) is 0.658. The van der Waals surface area contributed by atoms with E-state index in [9.17, 15) is 4.79 Å². The molecule has 1 rings (SSSR count). The van der Waals surface area contributed by atoms with Crippen LogP contribution >= 0.6 is 0 Å². The average molecular weight is 158 g/mol. The fraction of sp³-hybridized carbons (Fsp3) is 0.875. The first-order chi connectivity index (χ1) is 5.29. The molecule has 0 amide bonds. The van der Waals surface area contributed by atoms with Crippen molar-refractivity contribution >= 4 is 5.97 Å². The van der Waals surface area contributed by atoms with Crippen LogP contribution in [0.25, 0.3) is 0 Å². The van der Waals surface area contributed by atoms with Crippen LogP contribution in [0.3, 0.4) is 0 Å². The predicted octanol–water partition coefficient (Wildman–Crippen LogP) is 1.28. The number of ether oxygens (including phenoxy) is 1. The molecular formula is C8H14O3. The summed E-state index contributed by atoms with van der Waals surface area (Å²) in [6, 6.07) is 0. The molecule has 1 aliphatic heterocycles. The van der Waals surface area contributed by atoms with Gasteiger partial charge < -0.3 is 9.84 Å². The molecule has 0 bridgehead atoms. The van der Waals surface area contributed by atoms with Crippen LogP contribution in [0, 0.1) is 5.92 Å². The van der Waals surface area contributed by atoms with Crippen LogP contribution in [-0.4, -0.2) is 24.3 Å². The highest BCUT2D eigenvalue weighted by atomic mass is 16.5. The summed E-state index contributed by atoms with van der Waals surface area (Å²) < 4.78 is 5.21. The Hall–Kier alpha value is -0.570. The molecule has 11 heavy (non-hydrogen) atoms. The molecule has 1 N–H and O–H groups in total. The Morgan fingerprint density at radius 2 is 2.27 bits per heavy atom. The van der Waals surface area contributed by atoms with Gasteiger partial charge in [-0.05, 0) is 25.2 Å². The van der Waals surface area contributed by atoms with Crippen molar-refractivity contribution in [3.63, 3.8) is 0 Å². The largest absolute Gasteiger partial charge is 0.481 e. The Balaban J connectivity index is 2.25. The second-order valence-electron chi connectivity index (χ2n) is 3.01. The average Bonchev–Trinajstić information content (AvgIpc) is 2.14. The molecule has 0 aromatic carbocycles. The van der Waals surface area contributed by atoms with Crippen LogP contribution in [0.2, 0.25) is 0 Å². The Bertz CT molecular complexity index is 125. The number of rotatable bonds is 2. The molecule has 64 valence electrons. The number of carbonyl (C=O) groups is 1. The van der Waals surface area contributed by atoms with Gasteiger partial charge in [0.1, 0.15) is 0 Å². The van der Waals surface area contributed by atoms with Crippen molar-refractivity contribution in [2.45, 2.75) is 25.7 Å². The van der Waals surface area contributed by atoms with Gasteiger partial charge in [0, 0.05) is 19.6 Å². The lowest BCUT2D eigenvalue weighted by Gasteiger charge is -2.08. The number of hydrogen-bond donors (Lipinski definition) is 1. The van der Waals surface area contributed by atoms with Crippen LogP contribution in [-0.2, 0) is 9.53 Å². The second-order valence-corrected chi connectivity index (χ2v) is 3.01. The summed E-state index contributed by atoms with van der Waals surface area (Å²) in [4.78, 5) is 10.3. The summed E-state index contributed by atoms with van der Waals surface area (Å²) in [6.07, 6.45) is 3.24. The lowest BCUT2D eigenvalue weighted by atomic mass is 9.97. The first-order valence-corrected chi connectivity index (χ1v) is 4.08. The Morgan fingerprint density at radius 3 is 3.00 bits per heavy atom. The second kappa shape index (κ2) is 4.34. The standard InChI is InChI=1S/C8H14O3/c9-8(10)6-7-2-1-4-11-5-3-7/h7H,1-6H2,(H,9,10). The fourth-order valence-electron chi connectivity index (χ4n) is 1.42. The summed E-state index contributed by atoms with van der Waals surface area (Å²) in [5.74, 6) is -0.341. The van der Waals surface area contributed by atoms with E-state index < -0.39 is 5.97 Å². The van der Waals surface area contributed by atoms with Gasteiger partial charge in [0.2, 0.25) is 0 Å². The monoisotopic (exact) mass is 158 g/mol. The minimum Gasteiger partial charge on any atom is -0.481 e. The van der Waals surface area contributed by atoms with E-state index in [0.717, 1.165) is 32.5 Å². The van der Waals surface area contributed by atoms with Crippen LogP contribution in [0.1, 0.15) is 25.7 Å². The summed E-state index contributed by atoms with van der Waals surface area (Å²) in [5.41, 5.74) is 0. The van der Waals surface area contributed by atoms with E-state index >= 15 is 0 Å². The third-order valence-corrected chi connectivity index (χ3v) is 2.03. The minimum absolute atomic E-state index is 0.309. The Morgan fingerprint density at radius 1 is 1.45 bits per heavy atom. The third kappa shape index (κ3) is 3.37. The first kappa shape index (κ1) is 8.53. The van der Waals surface area contributed by atoms with E-state index in [2.05, 4.69) is 0 Å². The van der Waals surface area contributed by atoms with Gasteiger partial charge in [-0.15, -0.1) is 0 Å². The Labute approximate surface area is 66.4 Å². The summed E-state index contributed by atoms with van der Waals surface area (Å²) >= 11 is 0. The lowest BCUT2D eigenvalue weighted by molar-refractivity contribution is -0.138.